The average molecular weight is 343 g/mol. The van der Waals surface area contributed by atoms with Gasteiger partial charge in [0.25, 0.3) is 0 Å². The van der Waals surface area contributed by atoms with Gasteiger partial charge in [-0.1, -0.05) is 86.8 Å². The first-order valence-corrected chi connectivity index (χ1v) is 9.31. The summed E-state index contributed by atoms with van der Waals surface area (Å²) in [5.74, 6) is -0.0769. The second-order valence-corrected chi connectivity index (χ2v) is 6.04. The van der Waals surface area contributed by atoms with Crippen LogP contribution in [0.25, 0.3) is 0 Å². The fraction of sp³-hybridized carbons (Fsp3) is 0.435. The normalized spacial score (nSPS) is 14.3. The average Bonchev–Trinajstić information content (AvgIpc) is 2.58. The molecule has 2 nitrogen and oxygen atoms in total. The van der Waals surface area contributed by atoms with Crippen molar-refractivity contribution >= 4 is 5.97 Å². The van der Waals surface area contributed by atoms with Gasteiger partial charge in [-0.2, -0.15) is 0 Å². The maximum Gasteiger partial charge on any atom is 0.303 e. The van der Waals surface area contributed by atoms with E-state index in [0.29, 0.717) is 12.3 Å². The van der Waals surface area contributed by atoms with Crippen LogP contribution in [-0.2, 0) is 4.79 Å². The molecule has 0 aliphatic rings. The third-order valence-corrected chi connectivity index (χ3v) is 3.49. The Morgan fingerprint density at radius 2 is 1.40 bits per heavy atom. The van der Waals surface area contributed by atoms with Crippen molar-refractivity contribution in [1.29, 1.82) is 0 Å². The van der Waals surface area contributed by atoms with E-state index in [1.54, 1.807) is 0 Å². The summed E-state index contributed by atoms with van der Waals surface area (Å²) in [6.45, 7) is 4.43. The molecule has 0 saturated carbocycles. The second kappa shape index (κ2) is 18.3. The number of carboxylic acids is 1. The van der Waals surface area contributed by atoms with Crippen molar-refractivity contribution in [3.05, 3.63) is 72.9 Å². The van der Waals surface area contributed by atoms with Crippen LogP contribution in [0, 0.1) is 5.92 Å². The van der Waals surface area contributed by atoms with Crippen LogP contribution in [0.2, 0.25) is 0 Å². The van der Waals surface area contributed by atoms with Crippen molar-refractivity contribution in [2.75, 3.05) is 0 Å². The molecule has 1 N–H and O–H groups in total. The summed E-state index contributed by atoms with van der Waals surface area (Å²) >= 11 is 0. The fourth-order valence-corrected chi connectivity index (χ4v) is 2.04. The zero-order valence-corrected chi connectivity index (χ0v) is 15.8. The monoisotopic (exact) mass is 342 g/mol. The van der Waals surface area contributed by atoms with Gasteiger partial charge in [0.05, 0.1) is 0 Å². The Morgan fingerprint density at radius 1 is 0.800 bits per heavy atom. The van der Waals surface area contributed by atoms with Gasteiger partial charge in [0, 0.05) is 6.42 Å². The predicted octanol–water partition coefficient (Wildman–Crippen LogP) is 6.79. The Morgan fingerprint density at radius 3 is 2.12 bits per heavy atom. The second-order valence-electron chi connectivity index (χ2n) is 6.04. The molecule has 0 spiro atoms. The molecule has 0 heterocycles. The molecular weight excluding hydrogens is 308 g/mol. The molecule has 1 unspecified atom stereocenters. The van der Waals surface area contributed by atoms with E-state index in [0.717, 1.165) is 32.1 Å². The lowest BCUT2D eigenvalue weighted by molar-refractivity contribution is -0.136. The minimum Gasteiger partial charge on any atom is -0.481 e. The summed E-state index contributed by atoms with van der Waals surface area (Å²) < 4.78 is 0. The van der Waals surface area contributed by atoms with Gasteiger partial charge in [-0.25, -0.2) is 0 Å². The van der Waals surface area contributed by atoms with Gasteiger partial charge >= 0.3 is 5.97 Å². The van der Waals surface area contributed by atoms with Crippen LogP contribution in [0.15, 0.2) is 72.9 Å². The van der Waals surface area contributed by atoms with Crippen molar-refractivity contribution in [2.45, 2.75) is 58.8 Å². The van der Waals surface area contributed by atoms with Gasteiger partial charge in [-0.05, 0) is 44.4 Å². The van der Waals surface area contributed by atoms with Crippen LogP contribution >= 0.6 is 0 Å². The summed E-state index contributed by atoms with van der Waals surface area (Å²) in [6, 6.07) is 0. The van der Waals surface area contributed by atoms with Crippen LogP contribution < -0.4 is 0 Å². The molecule has 2 heteroatoms. The SMILES string of the molecule is CCC=CCC=CCC(C)CC=CC=CC=CCC=CCCC(=O)O. The molecule has 0 rings (SSSR count). The largest absolute Gasteiger partial charge is 0.481 e. The van der Waals surface area contributed by atoms with Crippen LogP contribution in [0.1, 0.15) is 58.8 Å². The third-order valence-electron chi connectivity index (χ3n) is 3.49. The van der Waals surface area contributed by atoms with Crippen LogP contribution in [0.5, 0.6) is 0 Å². The van der Waals surface area contributed by atoms with Gasteiger partial charge in [-0.15, -0.1) is 0 Å². The van der Waals surface area contributed by atoms with E-state index in [1.165, 1.54) is 0 Å². The number of hydrogen-bond donors (Lipinski definition) is 1. The van der Waals surface area contributed by atoms with E-state index in [1.807, 2.05) is 30.4 Å². The number of rotatable bonds is 14. The Balaban J connectivity index is 3.71. The Labute approximate surface area is 154 Å². The zero-order valence-electron chi connectivity index (χ0n) is 15.8. The first-order valence-electron chi connectivity index (χ1n) is 9.31. The molecule has 0 amide bonds. The molecule has 1 atom stereocenters. The number of carbonyl (C=O) groups is 1. The molecule has 0 aromatic rings. The highest BCUT2D eigenvalue weighted by atomic mass is 16.4. The molecule has 0 radical (unpaired) electrons. The van der Waals surface area contributed by atoms with Gasteiger partial charge in [0.2, 0.25) is 0 Å². The van der Waals surface area contributed by atoms with Gasteiger partial charge in [0.1, 0.15) is 0 Å². The lowest BCUT2D eigenvalue weighted by atomic mass is 10.0. The summed E-state index contributed by atoms with van der Waals surface area (Å²) in [7, 11) is 0. The lowest BCUT2D eigenvalue weighted by Crippen LogP contribution is -1.91. The molecule has 0 aliphatic heterocycles. The highest BCUT2D eigenvalue weighted by Crippen LogP contribution is 2.09. The molecular formula is C23H34O2. The van der Waals surface area contributed by atoms with Crippen molar-refractivity contribution in [2.24, 2.45) is 5.92 Å². The third kappa shape index (κ3) is 19.9. The van der Waals surface area contributed by atoms with E-state index < -0.39 is 5.97 Å². The maximum atomic E-state index is 10.3. The zero-order chi connectivity index (χ0) is 18.6. The lowest BCUT2D eigenvalue weighted by Gasteiger charge is -2.03. The molecule has 25 heavy (non-hydrogen) atoms. The first kappa shape index (κ1) is 22.9. The van der Waals surface area contributed by atoms with E-state index in [9.17, 15) is 4.79 Å². The first-order chi connectivity index (χ1) is 12.2. The highest BCUT2D eigenvalue weighted by Gasteiger charge is 1.94. The van der Waals surface area contributed by atoms with Gasteiger partial charge in [0.15, 0.2) is 0 Å². The predicted molar refractivity (Wildman–Crippen MR) is 110 cm³/mol. The smallest absolute Gasteiger partial charge is 0.303 e. The fourth-order valence-electron chi connectivity index (χ4n) is 2.04. The van der Waals surface area contributed by atoms with Crippen LogP contribution in [-0.4, -0.2) is 11.1 Å². The molecule has 0 bridgehead atoms. The summed E-state index contributed by atoms with van der Waals surface area (Å²) in [4.78, 5) is 10.3. The van der Waals surface area contributed by atoms with E-state index in [2.05, 4.69) is 56.4 Å². The van der Waals surface area contributed by atoms with E-state index in [-0.39, 0.29) is 6.42 Å². The van der Waals surface area contributed by atoms with Crippen LogP contribution in [0.3, 0.4) is 0 Å². The molecule has 0 fully saturated rings. The topological polar surface area (TPSA) is 37.3 Å². The number of allylic oxidation sites excluding steroid dienone is 12. The summed E-state index contributed by atoms with van der Waals surface area (Å²) in [5, 5.41) is 8.50. The standard InChI is InChI=1S/C23H34O2/c1-3-4-5-6-13-16-19-22(2)20-17-14-11-9-7-8-10-12-15-18-21-23(24)25/h4-5,7-9,11-17,22H,3,6,10,18-21H2,1-2H3,(H,24,25). The van der Waals surface area contributed by atoms with Crippen molar-refractivity contribution < 1.29 is 9.90 Å². The molecule has 0 aromatic carbocycles. The van der Waals surface area contributed by atoms with Crippen molar-refractivity contribution in [1.82, 2.24) is 0 Å². The Bertz CT molecular complexity index is 490. The highest BCUT2D eigenvalue weighted by molar-refractivity contribution is 5.66. The summed E-state index contributed by atoms with van der Waals surface area (Å²) in [5.41, 5.74) is 0. The van der Waals surface area contributed by atoms with Gasteiger partial charge in [-0.3, -0.25) is 4.79 Å². The quantitative estimate of drug-likeness (QED) is 0.278. The Hall–Kier alpha value is -2.09. The maximum absolute atomic E-state index is 10.3. The molecule has 0 aromatic heterocycles. The number of hydrogen-bond acceptors (Lipinski definition) is 1. The molecule has 0 aliphatic carbocycles. The van der Waals surface area contributed by atoms with Crippen LogP contribution in [0.4, 0.5) is 0 Å². The van der Waals surface area contributed by atoms with Crippen molar-refractivity contribution in [3.8, 4) is 0 Å². The summed E-state index contributed by atoms with van der Waals surface area (Å²) in [6.07, 6.45) is 31.3. The molecule has 138 valence electrons. The van der Waals surface area contributed by atoms with Crippen molar-refractivity contribution in [3.63, 3.8) is 0 Å². The number of aliphatic carboxylic acids is 1. The molecule has 0 saturated heterocycles. The minimum absolute atomic E-state index is 0.203. The van der Waals surface area contributed by atoms with Gasteiger partial charge < -0.3 is 5.11 Å². The van der Waals surface area contributed by atoms with E-state index in [4.69, 9.17) is 5.11 Å². The Kier molecular flexibility index (Phi) is 16.7. The van der Waals surface area contributed by atoms with E-state index >= 15 is 0 Å². The minimum atomic E-state index is -0.746. The number of carboxylic acid groups (broad SMARTS) is 1.